The number of hydrogen-bond acceptors (Lipinski definition) is 3. The van der Waals surface area contributed by atoms with E-state index >= 15 is 0 Å². The maximum Gasteiger partial charge on any atom is 0.140 e. The van der Waals surface area contributed by atoms with Gasteiger partial charge in [-0.25, -0.2) is 0 Å². The lowest BCUT2D eigenvalue weighted by Gasteiger charge is -2.07. The van der Waals surface area contributed by atoms with E-state index in [0.717, 1.165) is 0 Å². The summed E-state index contributed by atoms with van der Waals surface area (Å²) in [6, 6.07) is 6.81. The fourth-order valence-electron chi connectivity index (χ4n) is 1.24. The summed E-state index contributed by atoms with van der Waals surface area (Å²) in [5.41, 5.74) is 0.230. The molecule has 1 fully saturated rings. The van der Waals surface area contributed by atoms with Crippen LogP contribution in [0.25, 0.3) is 0 Å². The smallest absolute Gasteiger partial charge is 0.140 e. The van der Waals surface area contributed by atoms with E-state index in [1.54, 1.807) is 12.1 Å². The number of nitriles is 1. The Morgan fingerprint density at radius 1 is 1.50 bits per heavy atom. The van der Waals surface area contributed by atoms with Crippen LogP contribution in [-0.2, 0) is 0 Å². The SMILES string of the molecule is N#Cc1c(O)cccc1OCC1CC1. The summed E-state index contributed by atoms with van der Waals surface area (Å²) in [6.45, 7) is 0.651. The molecule has 0 heterocycles. The van der Waals surface area contributed by atoms with Crippen LogP contribution < -0.4 is 4.74 Å². The molecule has 0 aliphatic heterocycles. The van der Waals surface area contributed by atoms with Crippen molar-refractivity contribution in [3.05, 3.63) is 23.8 Å². The number of phenols is 1. The van der Waals surface area contributed by atoms with Crippen molar-refractivity contribution in [2.45, 2.75) is 12.8 Å². The van der Waals surface area contributed by atoms with Crippen LogP contribution in [0.3, 0.4) is 0 Å². The van der Waals surface area contributed by atoms with E-state index in [0.29, 0.717) is 18.3 Å². The molecule has 1 aromatic carbocycles. The molecular formula is C11H11NO2. The van der Waals surface area contributed by atoms with Gasteiger partial charge in [-0.15, -0.1) is 0 Å². The summed E-state index contributed by atoms with van der Waals surface area (Å²) in [5, 5.41) is 18.2. The van der Waals surface area contributed by atoms with Crippen LogP contribution in [0, 0.1) is 17.2 Å². The van der Waals surface area contributed by atoms with Crippen molar-refractivity contribution in [1.29, 1.82) is 5.26 Å². The van der Waals surface area contributed by atoms with E-state index in [-0.39, 0.29) is 11.3 Å². The number of hydrogen-bond donors (Lipinski definition) is 1. The van der Waals surface area contributed by atoms with Crippen molar-refractivity contribution in [3.8, 4) is 17.6 Å². The number of benzene rings is 1. The summed E-state index contributed by atoms with van der Waals surface area (Å²) < 4.78 is 5.45. The third kappa shape index (κ3) is 1.80. The molecule has 0 amide bonds. The van der Waals surface area contributed by atoms with Crippen molar-refractivity contribution in [2.75, 3.05) is 6.61 Å². The van der Waals surface area contributed by atoms with Crippen molar-refractivity contribution in [1.82, 2.24) is 0 Å². The molecule has 0 aromatic heterocycles. The third-order valence-corrected chi connectivity index (χ3v) is 2.29. The van der Waals surface area contributed by atoms with Crippen LogP contribution >= 0.6 is 0 Å². The van der Waals surface area contributed by atoms with Crippen molar-refractivity contribution in [3.63, 3.8) is 0 Å². The molecule has 3 nitrogen and oxygen atoms in total. The summed E-state index contributed by atoms with van der Waals surface area (Å²) >= 11 is 0. The van der Waals surface area contributed by atoms with Crippen LogP contribution in [0.15, 0.2) is 18.2 Å². The minimum Gasteiger partial charge on any atom is -0.506 e. The Balaban J connectivity index is 2.14. The van der Waals surface area contributed by atoms with Crippen molar-refractivity contribution >= 4 is 0 Å². The van der Waals surface area contributed by atoms with E-state index < -0.39 is 0 Å². The molecule has 14 heavy (non-hydrogen) atoms. The Bertz CT molecular complexity index is 377. The molecule has 0 radical (unpaired) electrons. The van der Waals surface area contributed by atoms with E-state index in [4.69, 9.17) is 10.00 Å². The largest absolute Gasteiger partial charge is 0.506 e. The lowest BCUT2D eigenvalue weighted by molar-refractivity contribution is 0.297. The number of phenolic OH excluding ortho intramolecular Hbond substituents is 1. The highest BCUT2D eigenvalue weighted by atomic mass is 16.5. The first kappa shape index (κ1) is 8.89. The number of ether oxygens (including phenoxy) is 1. The van der Waals surface area contributed by atoms with E-state index in [2.05, 4.69) is 0 Å². The molecule has 0 atom stereocenters. The van der Waals surface area contributed by atoms with Crippen LogP contribution in [-0.4, -0.2) is 11.7 Å². The maximum absolute atomic E-state index is 9.37. The lowest BCUT2D eigenvalue weighted by atomic mass is 10.2. The molecule has 2 rings (SSSR count). The van der Waals surface area contributed by atoms with Gasteiger partial charge in [0.2, 0.25) is 0 Å². The molecule has 1 N–H and O–H groups in total. The first-order valence-corrected chi connectivity index (χ1v) is 4.66. The van der Waals surface area contributed by atoms with Crippen molar-refractivity contribution in [2.24, 2.45) is 5.92 Å². The predicted molar refractivity (Wildman–Crippen MR) is 51.0 cm³/mol. The first-order chi connectivity index (χ1) is 6.81. The molecule has 1 saturated carbocycles. The molecule has 72 valence electrons. The highest BCUT2D eigenvalue weighted by molar-refractivity contribution is 5.51. The topological polar surface area (TPSA) is 53.2 Å². The second kappa shape index (κ2) is 3.59. The molecule has 1 aromatic rings. The Labute approximate surface area is 82.6 Å². The second-order valence-corrected chi connectivity index (χ2v) is 3.52. The van der Waals surface area contributed by atoms with Gasteiger partial charge in [-0.1, -0.05) is 6.07 Å². The van der Waals surface area contributed by atoms with Gasteiger partial charge in [0.1, 0.15) is 23.1 Å². The average molecular weight is 189 g/mol. The summed E-state index contributed by atoms with van der Waals surface area (Å²) in [7, 11) is 0. The van der Waals surface area contributed by atoms with Gasteiger partial charge < -0.3 is 9.84 Å². The number of aromatic hydroxyl groups is 1. The maximum atomic E-state index is 9.37. The molecular weight excluding hydrogens is 178 g/mol. The van der Waals surface area contributed by atoms with Gasteiger partial charge in [0, 0.05) is 0 Å². The van der Waals surface area contributed by atoms with Gasteiger partial charge in [-0.3, -0.25) is 0 Å². The third-order valence-electron chi connectivity index (χ3n) is 2.29. The number of nitrogens with zero attached hydrogens (tertiary/aromatic N) is 1. The minimum atomic E-state index is -0.0132. The first-order valence-electron chi connectivity index (χ1n) is 4.66. The zero-order valence-electron chi connectivity index (χ0n) is 7.73. The zero-order valence-corrected chi connectivity index (χ0v) is 7.73. The Hall–Kier alpha value is -1.69. The van der Waals surface area contributed by atoms with Crippen LogP contribution in [0.1, 0.15) is 18.4 Å². The normalized spacial score (nSPS) is 14.8. The standard InChI is InChI=1S/C11H11NO2/c12-6-9-10(13)2-1-3-11(9)14-7-8-4-5-8/h1-3,8,13H,4-5,7H2. The predicted octanol–water partition coefficient (Wildman–Crippen LogP) is 2.05. The minimum absolute atomic E-state index is 0.0132. The average Bonchev–Trinajstić information content (AvgIpc) is 2.98. The molecule has 0 saturated heterocycles. The van der Waals surface area contributed by atoms with E-state index in [1.165, 1.54) is 18.9 Å². The fourth-order valence-corrected chi connectivity index (χ4v) is 1.24. The van der Waals surface area contributed by atoms with Crippen LogP contribution in [0.4, 0.5) is 0 Å². The molecule has 1 aliphatic rings. The van der Waals surface area contributed by atoms with E-state index in [1.807, 2.05) is 6.07 Å². The van der Waals surface area contributed by atoms with Gasteiger partial charge in [-0.05, 0) is 30.9 Å². The van der Waals surface area contributed by atoms with Gasteiger partial charge in [0.05, 0.1) is 6.61 Å². The lowest BCUT2D eigenvalue weighted by Crippen LogP contribution is -2.00. The fraction of sp³-hybridized carbons (Fsp3) is 0.364. The highest BCUT2D eigenvalue weighted by Crippen LogP contribution is 2.32. The summed E-state index contributed by atoms with van der Waals surface area (Å²) in [5.74, 6) is 1.11. The van der Waals surface area contributed by atoms with Crippen molar-refractivity contribution < 1.29 is 9.84 Å². The van der Waals surface area contributed by atoms with E-state index in [9.17, 15) is 5.11 Å². The van der Waals surface area contributed by atoms with Crippen LogP contribution in [0.5, 0.6) is 11.5 Å². The molecule has 1 aliphatic carbocycles. The molecule has 3 heteroatoms. The Kier molecular flexibility index (Phi) is 2.28. The Morgan fingerprint density at radius 2 is 2.29 bits per heavy atom. The van der Waals surface area contributed by atoms with Gasteiger partial charge >= 0.3 is 0 Å². The zero-order chi connectivity index (χ0) is 9.97. The van der Waals surface area contributed by atoms with Gasteiger partial charge in [0.15, 0.2) is 0 Å². The Morgan fingerprint density at radius 3 is 2.93 bits per heavy atom. The van der Waals surface area contributed by atoms with Gasteiger partial charge in [0.25, 0.3) is 0 Å². The van der Waals surface area contributed by atoms with Gasteiger partial charge in [-0.2, -0.15) is 5.26 Å². The molecule has 0 unspecified atom stereocenters. The second-order valence-electron chi connectivity index (χ2n) is 3.52. The monoisotopic (exact) mass is 189 g/mol. The molecule has 0 spiro atoms. The molecule has 0 bridgehead atoms. The summed E-state index contributed by atoms with van der Waals surface area (Å²) in [4.78, 5) is 0. The van der Waals surface area contributed by atoms with Crippen LogP contribution in [0.2, 0.25) is 0 Å². The highest BCUT2D eigenvalue weighted by Gasteiger charge is 2.22. The number of rotatable bonds is 3. The quantitative estimate of drug-likeness (QED) is 0.791. The summed E-state index contributed by atoms with van der Waals surface area (Å²) in [6.07, 6.45) is 2.42.